The largest absolute Gasteiger partial charge is 0.444 e. The fraction of sp³-hybridized carbons (Fsp3) is 0.235. The summed E-state index contributed by atoms with van der Waals surface area (Å²) in [5.41, 5.74) is 3.07. The summed E-state index contributed by atoms with van der Waals surface area (Å²) < 4.78 is 5.22. The monoisotopic (exact) mass is 299 g/mol. The minimum atomic E-state index is -0.419. The van der Waals surface area contributed by atoms with Crippen LogP contribution in [0.5, 0.6) is 0 Å². The molecule has 0 saturated heterocycles. The molecule has 3 rings (SSSR count). The van der Waals surface area contributed by atoms with Gasteiger partial charge in [0.05, 0.1) is 0 Å². The van der Waals surface area contributed by atoms with E-state index in [1.54, 1.807) is 0 Å². The van der Waals surface area contributed by atoms with Gasteiger partial charge in [-0.15, -0.1) is 11.8 Å². The van der Waals surface area contributed by atoms with Crippen LogP contribution in [-0.4, -0.2) is 11.3 Å². The molecule has 0 bridgehead atoms. The molecule has 1 aliphatic rings. The van der Waals surface area contributed by atoms with Crippen molar-refractivity contribution in [3.05, 3.63) is 59.7 Å². The van der Waals surface area contributed by atoms with Crippen LogP contribution >= 0.6 is 11.8 Å². The minimum absolute atomic E-state index is 0.282. The molecule has 1 aliphatic heterocycles. The van der Waals surface area contributed by atoms with Gasteiger partial charge in [0.15, 0.2) is 0 Å². The zero-order chi connectivity index (χ0) is 14.7. The lowest BCUT2D eigenvalue weighted by Gasteiger charge is -2.08. The van der Waals surface area contributed by atoms with Crippen molar-refractivity contribution in [2.45, 2.75) is 30.1 Å². The molecule has 4 heteroatoms. The van der Waals surface area contributed by atoms with Crippen molar-refractivity contribution in [3.8, 4) is 0 Å². The van der Waals surface area contributed by atoms with Crippen LogP contribution in [0.3, 0.4) is 0 Å². The first kappa shape index (κ1) is 14.0. The Bertz CT molecular complexity index is 642. The second-order valence-electron chi connectivity index (χ2n) is 5.14. The van der Waals surface area contributed by atoms with Crippen LogP contribution in [0.4, 0.5) is 10.5 Å². The average Bonchev–Trinajstić information content (AvgIpc) is 2.85. The van der Waals surface area contributed by atoms with Gasteiger partial charge in [0, 0.05) is 15.8 Å². The van der Waals surface area contributed by atoms with Crippen LogP contribution in [0, 0.1) is 0 Å². The maximum Gasteiger partial charge on any atom is 0.411 e. The number of carbonyl (C=O) groups is 1. The highest BCUT2D eigenvalue weighted by Crippen LogP contribution is 2.37. The zero-order valence-corrected chi connectivity index (χ0v) is 12.7. The summed E-state index contributed by atoms with van der Waals surface area (Å²) in [4.78, 5) is 13.1. The second-order valence-corrected chi connectivity index (χ2v) is 6.62. The summed E-state index contributed by atoms with van der Waals surface area (Å²) >= 11 is 1.88. The highest BCUT2D eigenvalue weighted by molar-refractivity contribution is 8.00. The van der Waals surface area contributed by atoms with Crippen molar-refractivity contribution in [3.63, 3.8) is 0 Å². The number of ether oxygens (including phenoxy) is 1. The van der Waals surface area contributed by atoms with Gasteiger partial charge in [-0.2, -0.15) is 0 Å². The predicted octanol–water partition coefficient (Wildman–Crippen LogP) is 4.47. The molecule has 0 saturated carbocycles. The van der Waals surface area contributed by atoms with E-state index in [0.717, 1.165) is 17.7 Å². The molecule has 1 amide bonds. The van der Waals surface area contributed by atoms with Gasteiger partial charge in [-0.1, -0.05) is 37.3 Å². The molecule has 3 nitrogen and oxygen atoms in total. The molecule has 0 radical (unpaired) electrons. The van der Waals surface area contributed by atoms with E-state index in [2.05, 4.69) is 18.3 Å². The summed E-state index contributed by atoms with van der Waals surface area (Å²) in [5, 5.41) is 3.40. The Hall–Kier alpha value is -1.94. The van der Waals surface area contributed by atoms with E-state index >= 15 is 0 Å². The molecule has 1 atom stereocenters. The molecule has 1 unspecified atom stereocenters. The average molecular weight is 299 g/mol. The van der Waals surface area contributed by atoms with Crippen LogP contribution in [0.25, 0.3) is 0 Å². The second kappa shape index (κ2) is 6.22. The molecule has 21 heavy (non-hydrogen) atoms. The smallest absolute Gasteiger partial charge is 0.411 e. The van der Waals surface area contributed by atoms with Crippen molar-refractivity contribution < 1.29 is 9.53 Å². The molecule has 0 aromatic heterocycles. The third-order valence-electron chi connectivity index (χ3n) is 3.36. The molecule has 0 spiro atoms. The van der Waals surface area contributed by atoms with E-state index in [-0.39, 0.29) is 6.61 Å². The standard InChI is InChI=1S/C17H17NO2S/c1-12-9-14-10-15(7-8-16(14)21-12)18-17(19)20-11-13-5-3-2-4-6-13/h2-8,10,12H,9,11H2,1H3,(H,18,19). The van der Waals surface area contributed by atoms with Crippen LogP contribution in [0.2, 0.25) is 0 Å². The Labute approximate surface area is 128 Å². The molecular weight excluding hydrogens is 282 g/mol. The summed E-state index contributed by atoms with van der Waals surface area (Å²) in [6, 6.07) is 15.7. The van der Waals surface area contributed by atoms with E-state index < -0.39 is 6.09 Å². The lowest BCUT2D eigenvalue weighted by Crippen LogP contribution is -2.13. The first-order valence-electron chi connectivity index (χ1n) is 6.98. The fourth-order valence-electron chi connectivity index (χ4n) is 2.38. The van der Waals surface area contributed by atoms with Crippen LogP contribution in [-0.2, 0) is 17.8 Å². The highest BCUT2D eigenvalue weighted by atomic mass is 32.2. The van der Waals surface area contributed by atoms with Gasteiger partial charge in [0.1, 0.15) is 6.61 Å². The lowest BCUT2D eigenvalue weighted by molar-refractivity contribution is 0.155. The number of hydrogen-bond donors (Lipinski definition) is 1. The van der Waals surface area contributed by atoms with E-state index in [0.29, 0.717) is 5.25 Å². The summed E-state index contributed by atoms with van der Waals surface area (Å²) in [6.07, 6.45) is 0.631. The van der Waals surface area contributed by atoms with Gasteiger partial charge in [-0.25, -0.2) is 4.79 Å². The third-order valence-corrected chi connectivity index (χ3v) is 4.58. The van der Waals surface area contributed by atoms with Gasteiger partial charge in [0.25, 0.3) is 0 Å². The fourth-order valence-corrected chi connectivity index (χ4v) is 3.51. The lowest BCUT2D eigenvalue weighted by atomic mass is 10.1. The number of carbonyl (C=O) groups excluding carboxylic acids is 1. The third kappa shape index (κ3) is 3.58. The van der Waals surface area contributed by atoms with E-state index in [1.165, 1.54) is 10.5 Å². The molecule has 1 heterocycles. The Morgan fingerprint density at radius 2 is 2.10 bits per heavy atom. The number of benzene rings is 2. The number of rotatable bonds is 3. The quantitative estimate of drug-likeness (QED) is 0.908. The normalized spacial score (nSPS) is 16.3. The van der Waals surface area contributed by atoms with Crippen LogP contribution < -0.4 is 5.32 Å². The molecule has 0 aliphatic carbocycles. The molecule has 2 aromatic rings. The van der Waals surface area contributed by atoms with Crippen molar-refractivity contribution in [1.29, 1.82) is 0 Å². The maximum atomic E-state index is 11.8. The number of fused-ring (bicyclic) bond motifs is 1. The summed E-state index contributed by atoms with van der Waals surface area (Å²) in [6.45, 7) is 2.50. The number of amides is 1. The Morgan fingerprint density at radius 1 is 1.29 bits per heavy atom. The first-order valence-corrected chi connectivity index (χ1v) is 7.86. The van der Waals surface area contributed by atoms with Crippen molar-refractivity contribution in [1.82, 2.24) is 0 Å². The number of thioether (sulfide) groups is 1. The molecule has 2 aromatic carbocycles. The summed E-state index contributed by atoms with van der Waals surface area (Å²) in [5.74, 6) is 0. The molecule has 0 fully saturated rings. The van der Waals surface area contributed by atoms with Crippen molar-refractivity contribution >= 4 is 23.5 Å². The molecular formula is C17H17NO2S. The zero-order valence-electron chi connectivity index (χ0n) is 11.8. The van der Waals surface area contributed by atoms with E-state index in [4.69, 9.17) is 4.74 Å². The van der Waals surface area contributed by atoms with Gasteiger partial charge in [-0.3, -0.25) is 5.32 Å². The van der Waals surface area contributed by atoms with Crippen LogP contribution in [0.15, 0.2) is 53.4 Å². The Morgan fingerprint density at radius 3 is 2.90 bits per heavy atom. The summed E-state index contributed by atoms with van der Waals surface area (Å²) in [7, 11) is 0. The maximum absolute atomic E-state index is 11.8. The number of hydrogen-bond acceptors (Lipinski definition) is 3. The van der Waals surface area contributed by atoms with E-state index in [9.17, 15) is 4.79 Å². The van der Waals surface area contributed by atoms with Gasteiger partial charge >= 0.3 is 6.09 Å². The van der Waals surface area contributed by atoms with Crippen LogP contribution in [0.1, 0.15) is 18.1 Å². The number of anilines is 1. The minimum Gasteiger partial charge on any atom is -0.444 e. The van der Waals surface area contributed by atoms with Gasteiger partial charge in [0.2, 0.25) is 0 Å². The van der Waals surface area contributed by atoms with Crippen molar-refractivity contribution in [2.75, 3.05) is 5.32 Å². The molecule has 1 N–H and O–H groups in total. The van der Waals surface area contributed by atoms with Gasteiger partial charge < -0.3 is 4.74 Å². The Balaban J connectivity index is 1.57. The Kier molecular flexibility index (Phi) is 4.15. The molecule has 108 valence electrons. The van der Waals surface area contributed by atoms with Gasteiger partial charge in [-0.05, 0) is 35.7 Å². The topological polar surface area (TPSA) is 38.3 Å². The van der Waals surface area contributed by atoms with E-state index in [1.807, 2.05) is 54.2 Å². The first-order chi connectivity index (χ1) is 10.2. The SMILES string of the molecule is CC1Cc2cc(NC(=O)OCc3ccccc3)ccc2S1. The predicted molar refractivity (Wildman–Crippen MR) is 85.7 cm³/mol. The number of nitrogens with one attached hydrogen (secondary N) is 1. The highest BCUT2D eigenvalue weighted by Gasteiger charge is 2.18. The van der Waals surface area contributed by atoms with Crippen molar-refractivity contribution in [2.24, 2.45) is 0 Å².